The van der Waals surface area contributed by atoms with E-state index in [4.69, 9.17) is 4.74 Å². The molecule has 1 N–H and O–H groups in total. The van der Waals surface area contributed by atoms with Crippen LogP contribution in [-0.4, -0.2) is 49.9 Å². The van der Waals surface area contributed by atoms with Crippen molar-refractivity contribution in [2.24, 2.45) is 0 Å². The lowest BCUT2D eigenvalue weighted by Gasteiger charge is -2.31. The number of hydrogen-bond donors (Lipinski definition) is 1. The van der Waals surface area contributed by atoms with Crippen LogP contribution in [0.15, 0.2) is 24.3 Å². The second-order valence-electron chi connectivity index (χ2n) is 5.95. The van der Waals surface area contributed by atoms with Crippen molar-refractivity contribution in [2.75, 3.05) is 27.2 Å². The highest BCUT2D eigenvalue weighted by Crippen LogP contribution is 2.15. The molecule has 5 nitrogen and oxygen atoms in total. The number of piperidine rings is 1. The number of rotatable bonds is 7. The molecule has 1 aromatic carbocycles. The second kappa shape index (κ2) is 10.3. The van der Waals surface area contributed by atoms with Gasteiger partial charge in [0.15, 0.2) is 5.78 Å². The van der Waals surface area contributed by atoms with Crippen LogP contribution in [0.25, 0.3) is 0 Å². The molecule has 1 aliphatic heterocycles. The number of halogens is 1. The van der Waals surface area contributed by atoms with Gasteiger partial charge in [-0.15, -0.1) is 12.4 Å². The van der Waals surface area contributed by atoms with Crippen LogP contribution in [-0.2, 0) is 4.79 Å². The zero-order valence-corrected chi connectivity index (χ0v) is 15.2. The van der Waals surface area contributed by atoms with E-state index in [0.29, 0.717) is 30.9 Å². The minimum atomic E-state index is 0. The number of Topliss-reactive ketones (excluding diaryl/α,β-unsaturated/α-hetero) is 1. The first-order chi connectivity index (χ1) is 11.1. The first kappa shape index (κ1) is 20.5. The van der Waals surface area contributed by atoms with E-state index < -0.39 is 0 Å². The van der Waals surface area contributed by atoms with E-state index in [1.54, 1.807) is 31.4 Å². The Labute approximate surface area is 150 Å². The van der Waals surface area contributed by atoms with Crippen LogP contribution in [0.1, 0.15) is 42.5 Å². The molecule has 0 atom stereocenters. The maximum Gasteiger partial charge on any atom is 0.222 e. The number of amides is 1. The number of carbonyl (C=O) groups excluding carboxylic acids is 2. The quantitative estimate of drug-likeness (QED) is 0.765. The third-order valence-electron chi connectivity index (χ3n) is 4.46. The molecule has 0 spiro atoms. The largest absolute Gasteiger partial charge is 0.497 e. The lowest BCUT2D eigenvalue weighted by molar-refractivity contribution is -0.132. The predicted molar refractivity (Wildman–Crippen MR) is 97.1 cm³/mol. The van der Waals surface area contributed by atoms with Gasteiger partial charge < -0.3 is 15.0 Å². The topological polar surface area (TPSA) is 58.6 Å². The minimum absolute atomic E-state index is 0. The third kappa shape index (κ3) is 5.80. The summed E-state index contributed by atoms with van der Waals surface area (Å²) in [6, 6.07) is 7.63. The number of methoxy groups -OCH3 is 1. The van der Waals surface area contributed by atoms with Crippen molar-refractivity contribution in [1.82, 2.24) is 10.2 Å². The molecule has 0 bridgehead atoms. The number of hydrogen-bond acceptors (Lipinski definition) is 4. The van der Waals surface area contributed by atoms with Crippen molar-refractivity contribution in [3.05, 3.63) is 29.8 Å². The van der Waals surface area contributed by atoms with Gasteiger partial charge in [0.25, 0.3) is 0 Å². The molecular weight excluding hydrogens is 328 g/mol. The van der Waals surface area contributed by atoms with Gasteiger partial charge in [-0.05, 0) is 50.6 Å². The van der Waals surface area contributed by atoms with Crippen LogP contribution < -0.4 is 10.1 Å². The Bertz CT molecular complexity index is 526. The molecule has 0 saturated carbocycles. The minimum Gasteiger partial charge on any atom is -0.497 e. The van der Waals surface area contributed by atoms with Gasteiger partial charge in [0.1, 0.15) is 5.75 Å². The fraction of sp³-hybridized carbons (Fsp3) is 0.556. The molecule has 1 heterocycles. The van der Waals surface area contributed by atoms with Gasteiger partial charge in [0.05, 0.1) is 7.11 Å². The average molecular weight is 355 g/mol. The number of carbonyl (C=O) groups is 2. The SMILES string of the molecule is CNC1CCN(C(=O)CCCC(=O)c2ccc(OC)cc2)CC1.Cl. The molecule has 0 aliphatic carbocycles. The summed E-state index contributed by atoms with van der Waals surface area (Å²) in [5, 5.41) is 3.26. The monoisotopic (exact) mass is 354 g/mol. The number of nitrogens with one attached hydrogen (secondary N) is 1. The van der Waals surface area contributed by atoms with Crippen LogP contribution >= 0.6 is 12.4 Å². The summed E-state index contributed by atoms with van der Waals surface area (Å²) in [4.78, 5) is 26.2. The van der Waals surface area contributed by atoms with Crippen molar-refractivity contribution >= 4 is 24.1 Å². The van der Waals surface area contributed by atoms with Crippen LogP contribution in [0.2, 0.25) is 0 Å². The summed E-state index contributed by atoms with van der Waals surface area (Å²) in [7, 11) is 3.56. The fourth-order valence-corrected chi connectivity index (χ4v) is 2.90. The van der Waals surface area contributed by atoms with Crippen molar-refractivity contribution in [1.29, 1.82) is 0 Å². The van der Waals surface area contributed by atoms with E-state index in [2.05, 4.69) is 5.32 Å². The summed E-state index contributed by atoms with van der Waals surface area (Å²) in [5.74, 6) is 0.984. The third-order valence-corrected chi connectivity index (χ3v) is 4.46. The molecule has 0 unspecified atom stereocenters. The van der Waals surface area contributed by atoms with Gasteiger partial charge in [-0.2, -0.15) is 0 Å². The molecule has 24 heavy (non-hydrogen) atoms. The van der Waals surface area contributed by atoms with Gasteiger partial charge in [-0.25, -0.2) is 0 Å². The van der Waals surface area contributed by atoms with E-state index in [1.165, 1.54) is 0 Å². The second-order valence-corrected chi connectivity index (χ2v) is 5.95. The Kier molecular flexibility index (Phi) is 8.79. The molecule has 1 aromatic rings. The van der Waals surface area contributed by atoms with E-state index >= 15 is 0 Å². The lowest BCUT2D eigenvalue weighted by Crippen LogP contribution is -2.43. The highest BCUT2D eigenvalue weighted by molar-refractivity contribution is 5.96. The first-order valence-electron chi connectivity index (χ1n) is 8.26. The highest BCUT2D eigenvalue weighted by atomic mass is 35.5. The van der Waals surface area contributed by atoms with Crippen LogP contribution in [0.3, 0.4) is 0 Å². The zero-order valence-electron chi connectivity index (χ0n) is 14.4. The van der Waals surface area contributed by atoms with E-state index in [0.717, 1.165) is 31.7 Å². The Morgan fingerprint density at radius 3 is 2.33 bits per heavy atom. The zero-order chi connectivity index (χ0) is 16.7. The van der Waals surface area contributed by atoms with Gasteiger partial charge in [0.2, 0.25) is 5.91 Å². The maximum absolute atomic E-state index is 12.2. The van der Waals surface area contributed by atoms with E-state index in [-0.39, 0.29) is 24.1 Å². The summed E-state index contributed by atoms with van der Waals surface area (Å²) >= 11 is 0. The Hall–Kier alpha value is -1.59. The van der Waals surface area contributed by atoms with Crippen molar-refractivity contribution in [3.8, 4) is 5.75 Å². The standard InChI is InChI=1S/C18H26N2O3.ClH/c1-19-15-10-12-20(13-11-15)18(22)5-3-4-17(21)14-6-8-16(23-2)9-7-14;/h6-9,15,19H,3-5,10-13H2,1-2H3;1H. The van der Waals surface area contributed by atoms with Crippen LogP contribution in [0.5, 0.6) is 5.75 Å². The molecule has 134 valence electrons. The molecule has 1 amide bonds. The molecule has 6 heteroatoms. The van der Waals surface area contributed by atoms with Crippen molar-refractivity contribution in [2.45, 2.75) is 38.1 Å². The molecule has 0 radical (unpaired) electrons. The number of nitrogens with zero attached hydrogens (tertiary/aromatic N) is 1. The first-order valence-corrected chi connectivity index (χ1v) is 8.26. The Balaban J connectivity index is 0.00000288. The molecule has 1 aliphatic rings. The van der Waals surface area contributed by atoms with Crippen LogP contribution in [0, 0.1) is 0 Å². The van der Waals surface area contributed by atoms with Gasteiger partial charge >= 0.3 is 0 Å². The van der Waals surface area contributed by atoms with Crippen molar-refractivity contribution in [3.63, 3.8) is 0 Å². The lowest BCUT2D eigenvalue weighted by atomic mass is 10.0. The average Bonchev–Trinajstić information content (AvgIpc) is 2.61. The molecule has 1 fully saturated rings. The Morgan fingerprint density at radius 1 is 1.17 bits per heavy atom. The fourth-order valence-electron chi connectivity index (χ4n) is 2.90. The van der Waals surface area contributed by atoms with E-state index in [9.17, 15) is 9.59 Å². The summed E-state index contributed by atoms with van der Waals surface area (Å²) in [6.45, 7) is 1.63. The maximum atomic E-state index is 12.2. The Morgan fingerprint density at radius 2 is 1.79 bits per heavy atom. The number of benzene rings is 1. The number of ether oxygens (including phenoxy) is 1. The van der Waals surface area contributed by atoms with Gasteiger partial charge in [-0.3, -0.25) is 9.59 Å². The molecule has 0 aromatic heterocycles. The normalized spacial score (nSPS) is 14.8. The molecule has 1 saturated heterocycles. The molecular formula is C18H27ClN2O3. The van der Waals surface area contributed by atoms with Gasteiger partial charge in [-0.1, -0.05) is 0 Å². The van der Waals surface area contributed by atoms with Crippen LogP contribution in [0.4, 0.5) is 0 Å². The molecule has 2 rings (SSSR count). The predicted octanol–water partition coefficient (Wildman–Crippen LogP) is 2.68. The summed E-state index contributed by atoms with van der Waals surface area (Å²) < 4.78 is 5.08. The smallest absolute Gasteiger partial charge is 0.222 e. The number of likely N-dealkylation sites (tertiary alicyclic amines) is 1. The van der Waals surface area contributed by atoms with E-state index in [1.807, 2.05) is 11.9 Å². The number of ketones is 1. The summed E-state index contributed by atoms with van der Waals surface area (Å²) in [6.07, 6.45) is 3.48. The highest BCUT2D eigenvalue weighted by Gasteiger charge is 2.21. The van der Waals surface area contributed by atoms with Gasteiger partial charge in [0, 0.05) is 37.5 Å². The summed E-state index contributed by atoms with van der Waals surface area (Å²) in [5.41, 5.74) is 0.674. The van der Waals surface area contributed by atoms with Crippen molar-refractivity contribution < 1.29 is 14.3 Å².